The van der Waals surface area contributed by atoms with Crippen molar-refractivity contribution in [2.24, 2.45) is 0 Å². The van der Waals surface area contributed by atoms with E-state index in [2.05, 4.69) is 34.1 Å². The molecule has 0 N–H and O–H groups in total. The second-order valence-electron chi connectivity index (χ2n) is 6.83. The fourth-order valence-corrected chi connectivity index (χ4v) is 3.38. The van der Waals surface area contributed by atoms with Gasteiger partial charge in [0, 0.05) is 13.1 Å². The van der Waals surface area contributed by atoms with Gasteiger partial charge in [-0.1, -0.05) is 30.3 Å². The first kappa shape index (κ1) is 17.1. The minimum atomic E-state index is 0.268. The molecular formula is C21H24N2O3. The number of hydrogen-bond acceptors (Lipinski definition) is 5. The molecule has 0 aliphatic carbocycles. The molecule has 5 nitrogen and oxygen atoms in total. The zero-order valence-corrected chi connectivity index (χ0v) is 15.1. The molecule has 1 aliphatic heterocycles. The monoisotopic (exact) mass is 352 g/mol. The topological polar surface area (TPSA) is 51.6 Å². The second-order valence-corrected chi connectivity index (χ2v) is 6.83. The minimum absolute atomic E-state index is 0.268. The summed E-state index contributed by atoms with van der Waals surface area (Å²) in [6.45, 7) is 5.43. The number of benzene rings is 1. The predicted octanol–water partition coefficient (Wildman–Crippen LogP) is 4.42. The number of oxazole rings is 1. The van der Waals surface area contributed by atoms with Crippen LogP contribution in [0.2, 0.25) is 0 Å². The van der Waals surface area contributed by atoms with Gasteiger partial charge in [0.15, 0.2) is 0 Å². The highest BCUT2D eigenvalue weighted by atomic mass is 16.5. The van der Waals surface area contributed by atoms with Crippen molar-refractivity contribution in [2.75, 3.05) is 13.1 Å². The fourth-order valence-electron chi connectivity index (χ4n) is 3.38. The zero-order chi connectivity index (χ0) is 17.8. The first-order valence-corrected chi connectivity index (χ1v) is 9.14. The maximum absolute atomic E-state index is 6.13. The summed E-state index contributed by atoms with van der Waals surface area (Å²) in [6.07, 6.45) is 5.81. The van der Waals surface area contributed by atoms with Crippen LogP contribution in [0.25, 0.3) is 11.5 Å². The Kier molecular flexibility index (Phi) is 5.18. The van der Waals surface area contributed by atoms with Crippen LogP contribution >= 0.6 is 0 Å². The number of likely N-dealkylation sites (tertiary alicyclic amines) is 1. The minimum Gasteiger partial charge on any atom is -0.472 e. The van der Waals surface area contributed by atoms with E-state index in [4.69, 9.17) is 13.6 Å². The second kappa shape index (κ2) is 7.89. The van der Waals surface area contributed by atoms with Gasteiger partial charge in [-0.15, -0.1) is 0 Å². The highest BCUT2D eigenvalue weighted by Crippen LogP contribution is 2.24. The molecule has 1 saturated heterocycles. The SMILES string of the molecule is Cc1oc(-c2ccoc2)nc1CN1CCCC(OCc2ccccc2)C1. The van der Waals surface area contributed by atoms with Crippen LogP contribution in [0, 0.1) is 6.92 Å². The van der Waals surface area contributed by atoms with E-state index in [1.165, 1.54) is 5.56 Å². The number of aryl methyl sites for hydroxylation is 1. The Morgan fingerprint density at radius 3 is 2.92 bits per heavy atom. The standard InChI is InChI=1S/C21H24N2O3/c1-16-20(22-21(26-16)18-9-11-24-15-18)13-23-10-5-8-19(12-23)25-14-17-6-3-2-4-7-17/h2-4,6-7,9,11,15,19H,5,8,10,12-14H2,1H3. The summed E-state index contributed by atoms with van der Waals surface area (Å²) >= 11 is 0. The lowest BCUT2D eigenvalue weighted by Crippen LogP contribution is -2.39. The van der Waals surface area contributed by atoms with Crippen LogP contribution in [0.15, 0.2) is 57.8 Å². The summed E-state index contributed by atoms with van der Waals surface area (Å²) in [4.78, 5) is 7.06. The van der Waals surface area contributed by atoms with Gasteiger partial charge in [-0.05, 0) is 37.9 Å². The molecule has 0 saturated carbocycles. The van der Waals surface area contributed by atoms with Gasteiger partial charge in [-0.2, -0.15) is 0 Å². The van der Waals surface area contributed by atoms with E-state index < -0.39 is 0 Å². The molecule has 3 aromatic rings. The van der Waals surface area contributed by atoms with Crippen molar-refractivity contribution in [2.45, 2.75) is 39.0 Å². The predicted molar refractivity (Wildman–Crippen MR) is 98.5 cm³/mol. The Morgan fingerprint density at radius 2 is 2.12 bits per heavy atom. The van der Waals surface area contributed by atoms with E-state index in [1.54, 1.807) is 12.5 Å². The highest BCUT2D eigenvalue weighted by molar-refractivity contribution is 5.51. The molecule has 4 rings (SSSR count). The third-order valence-electron chi connectivity index (χ3n) is 4.82. The number of furan rings is 1. The third kappa shape index (κ3) is 4.06. The van der Waals surface area contributed by atoms with Crippen LogP contribution < -0.4 is 0 Å². The maximum Gasteiger partial charge on any atom is 0.229 e. The maximum atomic E-state index is 6.13. The molecule has 1 aromatic carbocycles. The molecule has 0 bridgehead atoms. The average Bonchev–Trinajstić information content (AvgIpc) is 3.32. The quantitative estimate of drug-likeness (QED) is 0.657. The largest absolute Gasteiger partial charge is 0.472 e. The van der Waals surface area contributed by atoms with Gasteiger partial charge in [-0.25, -0.2) is 4.98 Å². The molecule has 0 spiro atoms. The van der Waals surface area contributed by atoms with Gasteiger partial charge in [-0.3, -0.25) is 4.90 Å². The summed E-state index contributed by atoms with van der Waals surface area (Å²) in [5.74, 6) is 1.49. The molecular weight excluding hydrogens is 328 g/mol. The molecule has 2 aromatic heterocycles. The van der Waals surface area contributed by atoms with Crippen molar-refractivity contribution in [1.82, 2.24) is 9.88 Å². The Morgan fingerprint density at radius 1 is 1.23 bits per heavy atom. The van der Waals surface area contributed by atoms with Crippen LogP contribution in [0.5, 0.6) is 0 Å². The van der Waals surface area contributed by atoms with Crippen molar-refractivity contribution >= 4 is 0 Å². The fraction of sp³-hybridized carbons (Fsp3) is 0.381. The van der Waals surface area contributed by atoms with Crippen molar-refractivity contribution in [3.63, 3.8) is 0 Å². The lowest BCUT2D eigenvalue weighted by atomic mass is 10.1. The van der Waals surface area contributed by atoms with Crippen molar-refractivity contribution in [3.8, 4) is 11.5 Å². The summed E-state index contributed by atoms with van der Waals surface area (Å²) in [5, 5.41) is 0. The molecule has 0 radical (unpaired) electrons. The summed E-state index contributed by atoms with van der Waals surface area (Å²) in [7, 11) is 0. The highest BCUT2D eigenvalue weighted by Gasteiger charge is 2.23. The van der Waals surface area contributed by atoms with Gasteiger partial charge >= 0.3 is 0 Å². The van der Waals surface area contributed by atoms with Gasteiger partial charge in [0.05, 0.1) is 30.2 Å². The van der Waals surface area contributed by atoms with Gasteiger partial charge in [0.2, 0.25) is 5.89 Å². The summed E-state index contributed by atoms with van der Waals surface area (Å²) in [6, 6.07) is 12.2. The molecule has 1 unspecified atom stereocenters. The smallest absolute Gasteiger partial charge is 0.229 e. The Balaban J connectivity index is 1.35. The number of ether oxygens (including phenoxy) is 1. The van der Waals surface area contributed by atoms with Crippen molar-refractivity contribution in [3.05, 3.63) is 65.9 Å². The number of hydrogen-bond donors (Lipinski definition) is 0. The first-order valence-electron chi connectivity index (χ1n) is 9.14. The molecule has 26 heavy (non-hydrogen) atoms. The van der Waals surface area contributed by atoms with Crippen LogP contribution in [-0.4, -0.2) is 29.1 Å². The van der Waals surface area contributed by atoms with E-state index in [0.717, 1.165) is 49.5 Å². The van der Waals surface area contributed by atoms with Crippen molar-refractivity contribution in [1.29, 1.82) is 0 Å². The van der Waals surface area contributed by atoms with E-state index in [1.807, 2.05) is 19.1 Å². The van der Waals surface area contributed by atoms with E-state index in [0.29, 0.717) is 12.5 Å². The van der Waals surface area contributed by atoms with Gasteiger partial charge < -0.3 is 13.6 Å². The van der Waals surface area contributed by atoms with E-state index >= 15 is 0 Å². The third-order valence-corrected chi connectivity index (χ3v) is 4.82. The number of piperidine rings is 1. The molecule has 1 fully saturated rings. The van der Waals surface area contributed by atoms with E-state index in [9.17, 15) is 0 Å². The Bertz CT molecular complexity index is 811. The zero-order valence-electron chi connectivity index (χ0n) is 15.1. The first-order chi connectivity index (χ1) is 12.8. The summed E-state index contributed by atoms with van der Waals surface area (Å²) < 4.78 is 17.1. The number of nitrogens with zero attached hydrogens (tertiary/aromatic N) is 2. The van der Waals surface area contributed by atoms with Gasteiger partial charge in [0.1, 0.15) is 12.0 Å². The molecule has 0 amide bonds. The van der Waals surface area contributed by atoms with Crippen LogP contribution in [-0.2, 0) is 17.9 Å². The molecule has 136 valence electrons. The molecule has 3 heterocycles. The molecule has 5 heteroatoms. The number of rotatable bonds is 6. The summed E-state index contributed by atoms with van der Waals surface area (Å²) in [5.41, 5.74) is 3.09. The lowest BCUT2D eigenvalue weighted by Gasteiger charge is -2.32. The molecule has 1 aliphatic rings. The van der Waals surface area contributed by atoms with Crippen LogP contribution in [0.1, 0.15) is 29.9 Å². The van der Waals surface area contributed by atoms with Crippen LogP contribution in [0.3, 0.4) is 0 Å². The lowest BCUT2D eigenvalue weighted by molar-refractivity contribution is -0.0123. The average molecular weight is 352 g/mol. The molecule has 1 atom stereocenters. The van der Waals surface area contributed by atoms with Crippen molar-refractivity contribution < 1.29 is 13.6 Å². The van der Waals surface area contributed by atoms with Gasteiger partial charge in [0.25, 0.3) is 0 Å². The Labute approximate surface area is 153 Å². The normalized spacial score (nSPS) is 18.3. The number of aromatic nitrogens is 1. The van der Waals surface area contributed by atoms with E-state index in [-0.39, 0.29) is 6.10 Å². The van der Waals surface area contributed by atoms with Crippen LogP contribution in [0.4, 0.5) is 0 Å². The Hall–Kier alpha value is -2.37.